The fourth-order valence-corrected chi connectivity index (χ4v) is 7.90. The maximum Gasteiger partial charge on any atom is 0.426 e. The van der Waals surface area contributed by atoms with Crippen molar-refractivity contribution in [2.45, 2.75) is 68.8 Å². The molecule has 1 heterocycles. The monoisotopic (exact) mass is 547 g/mol. The van der Waals surface area contributed by atoms with Crippen molar-refractivity contribution in [2.24, 2.45) is 23.7 Å². The van der Waals surface area contributed by atoms with E-state index in [1.807, 2.05) is 4.90 Å². The molecule has 7 atom stereocenters. The molecule has 208 valence electrons. The maximum atomic E-state index is 14.9. The highest BCUT2D eigenvalue weighted by molar-refractivity contribution is 5.82. The van der Waals surface area contributed by atoms with Gasteiger partial charge in [0.25, 0.3) is 0 Å². The Balaban J connectivity index is 1.33. The molecule has 6 rings (SSSR count). The van der Waals surface area contributed by atoms with E-state index in [4.69, 9.17) is 0 Å². The van der Waals surface area contributed by atoms with Gasteiger partial charge >= 0.3 is 12.1 Å². The van der Waals surface area contributed by atoms with E-state index in [2.05, 4.69) is 0 Å². The summed E-state index contributed by atoms with van der Waals surface area (Å²) in [6.07, 6.45) is -1.93. The first-order chi connectivity index (χ1) is 18.3. The minimum absolute atomic E-state index is 0.0193. The van der Waals surface area contributed by atoms with Crippen molar-refractivity contribution in [3.05, 3.63) is 70.5 Å². The summed E-state index contributed by atoms with van der Waals surface area (Å²) in [5.41, 5.74) is -2.20. The van der Waals surface area contributed by atoms with Gasteiger partial charge in [0.05, 0.1) is 5.92 Å². The number of likely N-dealkylation sites (tertiary alicyclic amines) is 1. The lowest BCUT2D eigenvalue weighted by molar-refractivity contribution is -0.228. The van der Waals surface area contributed by atoms with E-state index in [0.717, 1.165) is 11.1 Å². The van der Waals surface area contributed by atoms with Gasteiger partial charge in [-0.25, -0.2) is 8.78 Å². The average Bonchev–Trinajstić information content (AvgIpc) is 3.19. The Morgan fingerprint density at radius 3 is 2.33 bits per heavy atom. The van der Waals surface area contributed by atoms with Gasteiger partial charge in [0.1, 0.15) is 5.82 Å². The molecule has 0 spiro atoms. The van der Waals surface area contributed by atoms with Crippen LogP contribution in [0, 0.1) is 29.5 Å². The van der Waals surface area contributed by atoms with Crippen molar-refractivity contribution in [3.63, 3.8) is 0 Å². The molecule has 39 heavy (non-hydrogen) atoms. The molecule has 3 unspecified atom stereocenters. The number of alkyl halides is 4. The molecule has 1 amide bonds. The molecule has 0 radical (unpaired) electrons. The third-order valence-electron chi connectivity index (χ3n) is 10.0. The van der Waals surface area contributed by atoms with Gasteiger partial charge in [0.15, 0.2) is 0 Å². The van der Waals surface area contributed by atoms with Crippen LogP contribution in [0.3, 0.4) is 0 Å². The van der Waals surface area contributed by atoms with Gasteiger partial charge in [-0.05, 0) is 91.7 Å². The van der Waals surface area contributed by atoms with Crippen LogP contribution in [0.25, 0.3) is 0 Å². The summed E-state index contributed by atoms with van der Waals surface area (Å²) in [4.78, 5) is 27.0. The third-order valence-corrected chi connectivity index (χ3v) is 10.0. The van der Waals surface area contributed by atoms with Crippen LogP contribution in [0.15, 0.2) is 42.5 Å². The Hall–Kier alpha value is -2.97. The second kappa shape index (κ2) is 8.77. The highest BCUT2D eigenvalue weighted by atomic mass is 19.4. The van der Waals surface area contributed by atoms with E-state index >= 15 is 0 Å². The lowest BCUT2D eigenvalue weighted by Gasteiger charge is -2.44. The van der Waals surface area contributed by atoms with Gasteiger partial charge in [0.2, 0.25) is 11.6 Å². The topological polar surface area (TPSA) is 57.6 Å². The van der Waals surface area contributed by atoms with Crippen LogP contribution in [0.1, 0.15) is 54.9 Å². The molecular formula is C30H30F5NO3. The van der Waals surface area contributed by atoms with Crippen molar-refractivity contribution >= 4 is 11.9 Å². The van der Waals surface area contributed by atoms with E-state index in [9.17, 15) is 36.6 Å². The molecule has 1 N–H and O–H groups in total. The van der Waals surface area contributed by atoms with E-state index in [0.29, 0.717) is 57.6 Å². The molecule has 1 saturated heterocycles. The first-order valence-electron chi connectivity index (χ1n) is 13.5. The number of carbonyl (C=O) groups is 2. The molecule has 4 nitrogen and oxygen atoms in total. The zero-order chi connectivity index (χ0) is 27.9. The summed E-state index contributed by atoms with van der Waals surface area (Å²) >= 11 is 0. The molecule has 2 saturated carbocycles. The summed E-state index contributed by atoms with van der Waals surface area (Å²) in [5.74, 6) is -1.62. The maximum absolute atomic E-state index is 14.9. The number of nitrogens with zero attached hydrogens (tertiary/aromatic N) is 1. The molecule has 2 aromatic carbocycles. The van der Waals surface area contributed by atoms with E-state index in [1.54, 1.807) is 18.2 Å². The number of carboxylic acids is 1. The van der Waals surface area contributed by atoms with Crippen LogP contribution in [0.2, 0.25) is 0 Å². The molecule has 1 aliphatic heterocycles. The highest BCUT2D eigenvalue weighted by Crippen LogP contribution is 2.60. The van der Waals surface area contributed by atoms with E-state index in [-0.39, 0.29) is 41.4 Å². The predicted octanol–water partition coefficient (Wildman–Crippen LogP) is 5.96. The predicted molar refractivity (Wildman–Crippen MR) is 132 cm³/mol. The molecule has 0 bridgehead atoms. The molecule has 4 aliphatic rings. The lowest BCUT2D eigenvalue weighted by atomic mass is 9.63. The Kier molecular flexibility index (Phi) is 5.90. The van der Waals surface area contributed by atoms with Crippen LogP contribution in [-0.2, 0) is 33.5 Å². The fourth-order valence-electron chi connectivity index (χ4n) is 7.90. The average molecular weight is 548 g/mol. The molecule has 3 fully saturated rings. The number of amides is 1. The summed E-state index contributed by atoms with van der Waals surface area (Å²) in [5, 5.41) is 9.34. The number of aryl methyl sites for hydroxylation is 1. The zero-order valence-electron chi connectivity index (χ0n) is 21.5. The van der Waals surface area contributed by atoms with Gasteiger partial charge in [0, 0.05) is 23.9 Å². The molecule has 0 aromatic heterocycles. The number of carbonyl (C=O) groups excluding carboxylic acids is 1. The normalized spacial score (nSPS) is 32.7. The van der Waals surface area contributed by atoms with Crippen LogP contribution in [0.5, 0.6) is 0 Å². The Labute approximate surface area is 223 Å². The zero-order valence-corrected chi connectivity index (χ0v) is 21.5. The van der Waals surface area contributed by atoms with Crippen LogP contribution >= 0.6 is 0 Å². The van der Waals surface area contributed by atoms with E-state index < -0.39 is 28.8 Å². The number of carboxylic acid groups (broad SMARTS) is 1. The van der Waals surface area contributed by atoms with Crippen LogP contribution in [-0.4, -0.2) is 40.6 Å². The minimum atomic E-state index is -5.05. The summed E-state index contributed by atoms with van der Waals surface area (Å²) < 4.78 is 68.9. The van der Waals surface area contributed by atoms with Crippen molar-refractivity contribution < 1.29 is 36.6 Å². The SMILES string of the molecule is CC(F)(c1ccc2c(c1)CC[C@H]1N(C(=O)C3C[C@@H]4C(C(=O)O)[C@@H]4C3)CC[C@@]21Cc1ccc(F)cc1)C(F)(F)F. The standard InChI is InChI=1S/C30H30F5NO3/c1-28(32,30(33,34)35)19-5-8-23-17(12-19)4-9-24-29(23,15-16-2-6-20(31)7-3-16)10-11-36(24)26(37)18-13-21-22(14-18)25(21)27(38)39/h2-3,5-8,12,18,21-22,24-25H,4,9-11,13-15H2,1H3,(H,38,39)/t18?,21-,22+,24-,25?,28?,29-/m1/s1. The minimum Gasteiger partial charge on any atom is -0.481 e. The molecule has 9 heteroatoms. The Morgan fingerprint density at radius 1 is 1.05 bits per heavy atom. The molecule has 3 aliphatic carbocycles. The number of hydrogen-bond donors (Lipinski definition) is 1. The second-order valence-electron chi connectivity index (χ2n) is 12.0. The number of aliphatic carboxylic acids is 1. The largest absolute Gasteiger partial charge is 0.481 e. The van der Waals surface area contributed by atoms with Gasteiger partial charge < -0.3 is 10.0 Å². The van der Waals surface area contributed by atoms with Crippen molar-refractivity contribution in [3.8, 4) is 0 Å². The smallest absolute Gasteiger partial charge is 0.426 e. The van der Waals surface area contributed by atoms with Crippen molar-refractivity contribution in [2.75, 3.05) is 6.54 Å². The summed E-state index contributed by atoms with van der Waals surface area (Å²) in [7, 11) is 0. The van der Waals surface area contributed by atoms with Gasteiger partial charge in [-0.15, -0.1) is 0 Å². The van der Waals surface area contributed by atoms with Crippen LogP contribution in [0.4, 0.5) is 22.0 Å². The van der Waals surface area contributed by atoms with Crippen molar-refractivity contribution in [1.29, 1.82) is 0 Å². The first kappa shape index (κ1) is 26.3. The number of hydrogen-bond acceptors (Lipinski definition) is 2. The third kappa shape index (κ3) is 4.06. The number of halogens is 5. The summed E-state index contributed by atoms with van der Waals surface area (Å²) in [6, 6.07) is 10.0. The quantitative estimate of drug-likeness (QED) is 0.471. The number of rotatable bonds is 5. The van der Waals surface area contributed by atoms with Gasteiger partial charge in [-0.3, -0.25) is 9.59 Å². The lowest BCUT2D eigenvalue weighted by Crippen LogP contribution is -2.50. The fraction of sp³-hybridized carbons (Fsp3) is 0.533. The Morgan fingerprint density at radius 2 is 1.72 bits per heavy atom. The van der Waals surface area contributed by atoms with E-state index in [1.165, 1.54) is 24.3 Å². The molecular weight excluding hydrogens is 517 g/mol. The van der Waals surface area contributed by atoms with Gasteiger partial charge in [-0.1, -0.05) is 30.3 Å². The first-order valence-corrected chi connectivity index (χ1v) is 13.5. The Bertz CT molecular complexity index is 1310. The van der Waals surface area contributed by atoms with Crippen molar-refractivity contribution in [1.82, 2.24) is 4.90 Å². The molecule has 2 aromatic rings. The van der Waals surface area contributed by atoms with Gasteiger partial charge in [-0.2, -0.15) is 13.2 Å². The summed E-state index contributed by atoms with van der Waals surface area (Å²) in [6.45, 7) is 1.01. The number of fused-ring (bicyclic) bond motifs is 4. The number of benzene rings is 2. The van der Waals surface area contributed by atoms with Crippen LogP contribution < -0.4 is 0 Å². The highest BCUT2D eigenvalue weighted by Gasteiger charge is 2.62. The second-order valence-corrected chi connectivity index (χ2v) is 12.0.